The maximum atomic E-state index is 13.5. The lowest BCUT2D eigenvalue weighted by molar-refractivity contribution is 0.0162. The molecule has 0 aromatic carbocycles. The van der Waals surface area contributed by atoms with Crippen molar-refractivity contribution in [3.8, 4) is 0 Å². The van der Waals surface area contributed by atoms with Gasteiger partial charge in [0.25, 0.3) is 0 Å². The van der Waals surface area contributed by atoms with Crippen LogP contribution in [-0.4, -0.2) is 67.5 Å². The fraction of sp³-hybridized carbons (Fsp3) is 0.615. The van der Waals surface area contributed by atoms with Crippen LogP contribution in [0.25, 0.3) is 0 Å². The Morgan fingerprint density at radius 3 is 2.95 bits per heavy atom. The van der Waals surface area contributed by atoms with Crippen LogP contribution < -0.4 is 4.90 Å². The molecule has 2 heterocycles. The summed E-state index contributed by atoms with van der Waals surface area (Å²) in [6.07, 6.45) is 2.21. The van der Waals surface area contributed by atoms with E-state index in [1.807, 2.05) is 0 Å². The quantitative estimate of drug-likeness (QED) is 0.836. The molecular formula is C13H20FN3O2. The molecule has 106 valence electrons. The van der Waals surface area contributed by atoms with Gasteiger partial charge in [-0.25, -0.2) is 4.39 Å². The minimum atomic E-state index is -0.518. The average molecular weight is 269 g/mol. The summed E-state index contributed by atoms with van der Waals surface area (Å²) in [7, 11) is 1.76. The van der Waals surface area contributed by atoms with Crippen molar-refractivity contribution in [2.45, 2.75) is 6.10 Å². The van der Waals surface area contributed by atoms with Gasteiger partial charge in [-0.1, -0.05) is 0 Å². The molecule has 0 spiro atoms. The molecular weight excluding hydrogens is 249 g/mol. The number of nitrogens with zero attached hydrogens (tertiary/aromatic N) is 3. The van der Waals surface area contributed by atoms with Gasteiger partial charge in [0.05, 0.1) is 31.2 Å². The van der Waals surface area contributed by atoms with E-state index in [0.717, 1.165) is 13.1 Å². The van der Waals surface area contributed by atoms with E-state index in [9.17, 15) is 9.50 Å². The Bertz CT molecular complexity index is 399. The molecule has 6 heteroatoms. The Kier molecular flexibility index (Phi) is 5.07. The van der Waals surface area contributed by atoms with Crippen LogP contribution in [0.3, 0.4) is 0 Å². The van der Waals surface area contributed by atoms with Crippen molar-refractivity contribution in [1.82, 2.24) is 9.88 Å². The fourth-order valence-electron chi connectivity index (χ4n) is 2.23. The van der Waals surface area contributed by atoms with Gasteiger partial charge in [0.1, 0.15) is 0 Å². The predicted octanol–water partition coefficient (Wildman–Crippen LogP) is 0.350. The molecule has 19 heavy (non-hydrogen) atoms. The van der Waals surface area contributed by atoms with Gasteiger partial charge in [0.15, 0.2) is 5.82 Å². The van der Waals surface area contributed by atoms with Crippen LogP contribution in [0.2, 0.25) is 0 Å². The molecule has 1 unspecified atom stereocenters. The molecule has 0 aliphatic carbocycles. The van der Waals surface area contributed by atoms with Crippen LogP contribution >= 0.6 is 0 Å². The standard InChI is InChI=1S/C13H20FN3O2/c1-16(13-2-3-15-8-12(13)14)9-11(18)10-17-4-6-19-7-5-17/h2-3,8,11,18H,4-7,9-10H2,1H3. The third-order valence-electron chi connectivity index (χ3n) is 3.22. The lowest BCUT2D eigenvalue weighted by Gasteiger charge is -2.30. The summed E-state index contributed by atoms with van der Waals surface area (Å²) in [4.78, 5) is 7.58. The number of ether oxygens (including phenoxy) is 1. The molecule has 0 amide bonds. The minimum Gasteiger partial charge on any atom is -0.390 e. The molecule has 0 saturated carbocycles. The van der Waals surface area contributed by atoms with Crippen molar-refractivity contribution in [2.24, 2.45) is 0 Å². The number of aromatic nitrogens is 1. The number of rotatable bonds is 5. The molecule has 1 aliphatic heterocycles. The number of β-amino-alcohol motifs (C(OH)–C–C–N with tert-alkyl or cyclic N) is 1. The number of pyridine rings is 1. The van der Waals surface area contributed by atoms with E-state index in [1.54, 1.807) is 24.2 Å². The van der Waals surface area contributed by atoms with Crippen molar-refractivity contribution < 1.29 is 14.2 Å². The minimum absolute atomic E-state index is 0.372. The Labute approximate surface area is 112 Å². The summed E-state index contributed by atoms with van der Waals surface area (Å²) in [6, 6.07) is 1.61. The van der Waals surface area contributed by atoms with Gasteiger partial charge < -0.3 is 14.7 Å². The van der Waals surface area contributed by atoms with Crippen LogP contribution in [-0.2, 0) is 4.74 Å². The van der Waals surface area contributed by atoms with Gasteiger partial charge in [-0.15, -0.1) is 0 Å². The number of halogens is 1. The van der Waals surface area contributed by atoms with Gasteiger partial charge in [-0.05, 0) is 6.07 Å². The topological polar surface area (TPSA) is 48.8 Å². The maximum absolute atomic E-state index is 13.5. The first-order chi connectivity index (χ1) is 9.16. The zero-order valence-corrected chi connectivity index (χ0v) is 11.1. The van der Waals surface area contributed by atoms with Gasteiger partial charge in [-0.3, -0.25) is 9.88 Å². The summed E-state index contributed by atoms with van der Waals surface area (Å²) >= 11 is 0. The highest BCUT2D eigenvalue weighted by molar-refractivity contribution is 5.45. The molecule has 1 saturated heterocycles. The van der Waals surface area contributed by atoms with Crippen molar-refractivity contribution >= 4 is 5.69 Å². The smallest absolute Gasteiger partial charge is 0.164 e. The number of aliphatic hydroxyl groups excluding tert-OH is 1. The molecule has 0 radical (unpaired) electrons. The first-order valence-electron chi connectivity index (χ1n) is 6.45. The second-order valence-corrected chi connectivity index (χ2v) is 4.77. The molecule has 1 aromatic rings. The largest absolute Gasteiger partial charge is 0.390 e. The number of anilines is 1. The Morgan fingerprint density at radius 2 is 2.26 bits per heavy atom. The van der Waals surface area contributed by atoms with E-state index >= 15 is 0 Å². The summed E-state index contributed by atoms with van der Waals surface area (Å²) in [6.45, 7) is 4.07. The highest BCUT2D eigenvalue weighted by Gasteiger charge is 2.17. The van der Waals surface area contributed by atoms with E-state index in [2.05, 4.69) is 9.88 Å². The lowest BCUT2D eigenvalue weighted by Crippen LogP contribution is -2.44. The highest BCUT2D eigenvalue weighted by Crippen LogP contribution is 2.16. The third-order valence-corrected chi connectivity index (χ3v) is 3.22. The summed E-state index contributed by atoms with van der Waals surface area (Å²) in [5.74, 6) is -0.372. The highest BCUT2D eigenvalue weighted by atomic mass is 19.1. The van der Waals surface area contributed by atoms with E-state index in [-0.39, 0.29) is 5.82 Å². The lowest BCUT2D eigenvalue weighted by atomic mass is 10.2. The zero-order valence-electron chi connectivity index (χ0n) is 11.1. The second kappa shape index (κ2) is 6.79. The number of hydrogen-bond donors (Lipinski definition) is 1. The molecule has 1 aliphatic rings. The van der Waals surface area contributed by atoms with Crippen molar-refractivity contribution in [3.63, 3.8) is 0 Å². The Morgan fingerprint density at radius 1 is 1.53 bits per heavy atom. The Balaban J connectivity index is 1.84. The first-order valence-corrected chi connectivity index (χ1v) is 6.45. The Hall–Kier alpha value is -1.24. The van der Waals surface area contributed by atoms with Crippen LogP contribution in [0.4, 0.5) is 10.1 Å². The fourth-order valence-corrected chi connectivity index (χ4v) is 2.23. The van der Waals surface area contributed by atoms with Gasteiger partial charge in [0.2, 0.25) is 0 Å². The monoisotopic (exact) mass is 269 g/mol. The normalized spacial score (nSPS) is 18.3. The summed E-state index contributed by atoms with van der Waals surface area (Å²) in [5, 5.41) is 10.1. The van der Waals surface area contributed by atoms with Crippen LogP contribution in [0.15, 0.2) is 18.5 Å². The number of hydrogen-bond acceptors (Lipinski definition) is 5. The number of likely N-dealkylation sites (N-methyl/N-ethyl adjacent to an activating group) is 1. The predicted molar refractivity (Wildman–Crippen MR) is 70.7 cm³/mol. The first kappa shape index (κ1) is 14.2. The van der Waals surface area contributed by atoms with E-state index in [4.69, 9.17) is 4.74 Å². The van der Waals surface area contributed by atoms with Crippen molar-refractivity contribution in [3.05, 3.63) is 24.3 Å². The molecule has 1 fully saturated rings. The van der Waals surface area contributed by atoms with Crippen molar-refractivity contribution in [2.75, 3.05) is 51.3 Å². The molecule has 2 rings (SSSR count). The second-order valence-electron chi connectivity index (χ2n) is 4.77. The van der Waals surface area contributed by atoms with E-state index < -0.39 is 6.10 Å². The SMILES string of the molecule is CN(CC(O)CN1CCOCC1)c1ccncc1F. The van der Waals surface area contributed by atoms with Crippen molar-refractivity contribution in [1.29, 1.82) is 0 Å². The summed E-state index contributed by atoms with van der Waals surface area (Å²) in [5.41, 5.74) is 0.455. The van der Waals surface area contributed by atoms with Gasteiger partial charge in [-0.2, -0.15) is 0 Å². The molecule has 1 N–H and O–H groups in total. The maximum Gasteiger partial charge on any atom is 0.164 e. The number of aliphatic hydroxyl groups is 1. The average Bonchev–Trinajstić information content (AvgIpc) is 2.40. The molecule has 1 atom stereocenters. The molecule has 1 aromatic heterocycles. The third kappa shape index (κ3) is 4.12. The summed E-state index contributed by atoms with van der Waals surface area (Å²) < 4.78 is 18.8. The van der Waals surface area contributed by atoms with Crippen LogP contribution in [0.1, 0.15) is 0 Å². The molecule has 0 bridgehead atoms. The van der Waals surface area contributed by atoms with E-state index in [0.29, 0.717) is 32.0 Å². The molecule has 5 nitrogen and oxygen atoms in total. The van der Waals surface area contributed by atoms with Gasteiger partial charge in [0, 0.05) is 39.4 Å². The van der Waals surface area contributed by atoms with Crippen LogP contribution in [0.5, 0.6) is 0 Å². The number of morpholine rings is 1. The zero-order chi connectivity index (χ0) is 13.7. The van der Waals surface area contributed by atoms with E-state index in [1.165, 1.54) is 6.20 Å². The van der Waals surface area contributed by atoms with Crippen LogP contribution in [0, 0.1) is 5.82 Å². The van der Waals surface area contributed by atoms with Gasteiger partial charge >= 0.3 is 0 Å².